The highest BCUT2D eigenvalue weighted by atomic mass is 19.4. The number of nitrogens with one attached hydrogen (secondary N) is 1. The van der Waals surface area contributed by atoms with Crippen molar-refractivity contribution in [2.75, 3.05) is 0 Å². The Labute approximate surface area is 170 Å². The first-order valence-electron chi connectivity index (χ1n) is 8.58. The molecule has 1 heterocycles. The van der Waals surface area contributed by atoms with Crippen LogP contribution in [0.25, 0.3) is 11.3 Å². The Balaban J connectivity index is 1.81. The van der Waals surface area contributed by atoms with Crippen LogP contribution in [0.3, 0.4) is 0 Å². The van der Waals surface area contributed by atoms with Crippen LogP contribution in [0.1, 0.15) is 27.2 Å². The Morgan fingerprint density at radius 1 is 0.839 bits per heavy atom. The fraction of sp³-hybridized carbons (Fsp3) is 0.150. The minimum atomic E-state index is -5.06. The van der Waals surface area contributed by atoms with Crippen LogP contribution in [-0.4, -0.2) is 15.9 Å². The second-order valence-corrected chi connectivity index (χ2v) is 6.38. The van der Waals surface area contributed by atoms with E-state index >= 15 is 0 Å². The highest BCUT2D eigenvalue weighted by Crippen LogP contribution is 2.36. The Bertz CT molecular complexity index is 1060. The summed E-state index contributed by atoms with van der Waals surface area (Å²) in [5.41, 5.74) is -2.80. The van der Waals surface area contributed by atoms with E-state index in [2.05, 4.69) is 15.3 Å². The third-order valence-electron chi connectivity index (χ3n) is 4.14. The van der Waals surface area contributed by atoms with E-state index in [0.29, 0.717) is 23.4 Å². The predicted octanol–water partition coefficient (Wildman–Crippen LogP) is 5.25. The largest absolute Gasteiger partial charge is 0.416 e. The maximum atomic E-state index is 13.0. The average Bonchev–Trinajstić information content (AvgIpc) is 2.71. The Morgan fingerprint density at radius 3 is 1.97 bits per heavy atom. The van der Waals surface area contributed by atoms with Crippen molar-refractivity contribution in [3.63, 3.8) is 0 Å². The average molecular weight is 443 g/mol. The minimum absolute atomic E-state index is 0.0594. The van der Waals surface area contributed by atoms with Crippen molar-refractivity contribution in [3.8, 4) is 11.3 Å². The van der Waals surface area contributed by atoms with Crippen molar-refractivity contribution in [2.24, 2.45) is 0 Å². The molecule has 1 N–H and O–H groups in total. The number of carbonyl (C=O) groups is 1. The monoisotopic (exact) mass is 443 g/mol. The van der Waals surface area contributed by atoms with Gasteiger partial charge in [-0.3, -0.25) is 4.79 Å². The molecule has 0 atom stereocenters. The van der Waals surface area contributed by atoms with Gasteiger partial charge in [0.15, 0.2) is 0 Å². The Hall–Kier alpha value is -3.50. The number of nitrogens with zero attached hydrogens (tertiary/aromatic N) is 2. The predicted molar refractivity (Wildman–Crippen MR) is 95.0 cm³/mol. The number of aromatic nitrogens is 2. The van der Waals surface area contributed by atoms with E-state index in [1.54, 1.807) is 0 Å². The molecule has 0 fully saturated rings. The molecule has 0 saturated heterocycles. The molecule has 3 rings (SSSR count). The van der Waals surface area contributed by atoms with Gasteiger partial charge in [-0.1, -0.05) is 0 Å². The molecule has 0 saturated carbocycles. The fourth-order valence-electron chi connectivity index (χ4n) is 2.63. The molecule has 0 unspecified atom stereocenters. The maximum absolute atomic E-state index is 13.0. The number of alkyl halides is 6. The van der Waals surface area contributed by atoms with Gasteiger partial charge in [-0.2, -0.15) is 26.3 Å². The zero-order chi connectivity index (χ0) is 22.8. The molecule has 162 valence electrons. The molecule has 4 nitrogen and oxygen atoms in total. The fourth-order valence-corrected chi connectivity index (χ4v) is 2.63. The highest BCUT2D eigenvalue weighted by molar-refractivity contribution is 5.94. The lowest BCUT2D eigenvalue weighted by Gasteiger charge is -2.14. The summed E-state index contributed by atoms with van der Waals surface area (Å²) in [6, 6.07) is 7.41. The van der Waals surface area contributed by atoms with Crippen LogP contribution in [0, 0.1) is 5.82 Å². The van der Waals surface area contributed by atoms with Gasteiger partial charge in [0.2, 0.25) is 0 Å². The van der Waals surface area contributed by atoms with Crippen LogP contribution in [0.4, 0.5) is 30.7 Å². The SMILES string of the molecule is O=C(NCc1cc(-c2ccc(F)cc2)ncn1)c1cc(C(F)(F)F)cc(C(F)(F)F)c1. The number of hydrogen-bond donors (Lipinski definition) is 1. The standard InChI is InChI=1S/C20H12F7N3O/c21-15-3-1-11(2-4-15)17-8-16(29-10-30-17)9-28-18(31)12-5-13(19(22,23)24)7-14(6-12)20(25,26)27/h1-8,10H,9H2,(H,28,31). The van der Waals surface area contributed by atoms with Gasteiger partial charge in [-0.05, 0) is 48.5 Å². The van der Waals surface area contributed by atoms with Crippen molar-refractivity contribution in [1.82, 2.24) is 15.3 Å². The van der Waals surface area contributed by atoms with Crippen molar-refractivity contribution < 1.29 is 35.5 Å². The summed E-state index contributed by atoms with van der Waals surface area (Å²) in [6.45, 7) is -0.285. The molecule has 1 aromatic heterocycles. The molecule has 31 heavy (non-hydrogen) atoms. The lowest BCUT2D eigenvalue weighted by atomic mass is 10.0. The van der Waals surface area contributed by atoms with E-state index in [0.717, 1.165) is 6.33 Å². The Kier molecular flexibility index (Phi) is 5.96. The van der Waals surface area contributed by atoms with Crippen LogP contribution in [0.5, 0.6) is 0 Å². The lowest BCUT2D eigenvalue weighted by Crippen LogP contribution is -2.24. The summed E-state index contributed by atoms with van der Waals surface area (Å²) in [5.74, 6) is -1.59. The van der Waals surface area contributed by atoms with Crippen molar-refractivity contribution >= 4 is 5.91 Å². The summed E-state index contributed by atoms with van der Waals surface area (Å²) in [7, 11) is 0. The summed E-state index contributed by atoms with van der Waals surface area (Å²) in [5, 5.41) is 2.24. The van der Waals surface area contributed by atoms with Gasteiger partial charge in [0, 0.05) is 11.1 Å². The molecule has 0 aliphatic heterocycles. The van der Waals surface area contributed by atoms with E-state index in [1.807, 2.05) is 0 Å². The van der Waals surface area contributed by atoms with Gasteiger partial charge in [0.05, 0.1) is 29.1 Å². The van der Waals surface area contributed by atoms with Crippen LogP contribution in [0.15, 0.2) is 54.9 Å². The number of benzene rings is 2. The van der Waals surface area contributed by atoms with Crippen LogP contribution < -0.4 is 5.32 Å². The zero-order valence-corrected chi connectivity index (χ0v) is 15.4. The summed E-state index contributed by atoms with van der Waals surface area (Å²) >= 11 is 0. The van der Waals surface area contributed by atoms with Gasteiger partial charge in [0.1, 0.15) is 12.1 Å². The van der Waals surface area contributed by atoms with Gasteiger partial charge in [-0.15, -0.1) is 0 Å². The molecule has 0 bridgehead atoms. The first-order chi connectivity index (χ1) is 14.4. The maximum Gasteiger partial charge on any atom is 0.416 e. The molecular weight excluding hydrogens is 431 g/mol. The molecule has 0 aliphatic rings. The summed E-state index contributed by atoms with van der Waals surface area (Å²) < 4.78 is 90.7. The third kappa shape index (κ3) is 5.56. The molecule has 0 radical (unpaired) electrons. The second kappa shape index (κ2) is 8.32. The molecule has 0 spiro atoms. The number of rotatable bonds is 4. The quantitative estimate of drug-likeness (QED) is 0.561. The molecule has 0 aliphatic carbocycles. The minimum Gasteiger partial charge on any atom is -0.346 e. The number of carbonyl (C=O) groups excluding carboxylic acids is 1. The van der Waals surface area contributed by atoms with Gasteiger partial charge in [-0.25, -0.2) is 14.4 Å². The van der Waals surface area contributed by atoms with Crippen molar-refractivity contribution in [1.29, 1.82) is 0 Å². The van der Waals surface area contributed by atoms with E-state index < -0.39 is 40.8 Å². The van der Waals surface area contributed by atoms with Crippen molar-refractivity contribution in [3.05, 3.63) is 83.1 Å². The van der Waals surface area contributed by atoms with Crippen molar-refractivity contribution in [2.45, 2.75) is 18.9 Å². The molecule has 1 amide bonds. The smallest absolute Gasteiger partial charge is 0.346 e. The van der Waals surface area contributed by atoms with E-state index in [-0.39, 0.29) is 18.3 Å². The normalized spacial score (nSPS) is 12.0. The van der Waals surface area contributed by atoms with Crippen LogP contribution in [0.2, 0.25) is 0 Å². The highest BCUT2D eigenvalue weighted by Gasteiger charge is 2.37. The summed E-state index contributed by atoms with van der Waals surface area (Å²) in [6.07, 6.45) is -8.97. The number of hydrogen-bond acceptors (Lipinski definition) is 3. The molecule has 2 aromatic carbocycles. The first kappa shape index (κ1) is 22.2. The van der Waals surface area contributed by atoms with Gasteiger partial charge < -0.3 is 5.32 Å². The number of halogens is 7. The molecular formula is C20H12F7N3O. The van der Waals surface area contributed by atoms with E-state index in [9.17, 15) is 35.5 Å². The van der Waals surface area contributed by atoms with Gasteiger partial charge >= 0.3 is 12.4 Å². The van der Waals surface area contributed by atoms with E-state index in [4.69, 9.17) is 0 Å². The zero-order valence-electron chi connectivity index (χ0n) is 15.4. The van der Waals surface area contributed by atoms with E-state index in [1.165, 1.54) is 30.3 Å². The first-order valence-corrected chi connectivity index (χ1v) is 8.58. The Morgan fingerprint density at radius 2 is 1.42 bits per heavy atom. The lowest BCUT2D eigenvalue weighted by molar-refractivity contribution is -0.143. The summed E-state index contributed by atoms with van der Waals surface area (Å²) in [4.78, 5) is 20.1. The molecule has 11 heteroatoms. The molecule has 3 aromatic rings. The van der Waals surface area contributed by atoms with Crippen LogP contribution >= 0.6 is 0 Å². The number of amides is 1. The van der Waals surface area contributed by atoms with Gasteiger partial charge in [0.25, 0.3) is 5.91 Å². The second-order valence-electron chi connectivity index (χ2n) is 6.38. The third-order valence-corrected chi connectivity index (χ3v) is 4.14. The van der Waals surface area contributed by atoms with Crippen LogP contribution in [-0.2, 0) is 18.9 Å². The topological polar surface area (TPSA) is 54.9 Å².